The van der Waals surface area contributed by atoms with Gasteiger partial charge in [0.15, 0.2) is 0 Å². The van der Waals surface area contributed by atoms with Crippen molar-refractivity contribution in [3.8, 4) is 0 Å². The number of aromatic nitrogens is 2. The van der Waals surface area contributed by atoms with E-state index in [2.05, 4.69) is 47.1 Å². The molecule has 2 rings (SSSR count). The summed E-state index contributed by atoms with van der Waals surface area (Å²) in [4.78, 5) is 0. The normalized spacial score (nSPS) is 12.6. The van der Waals surface area contributed by atoms with E-state index in [1.165, 1.54) is 17.0 Å². The van der Waals surface area contributed by atoms with E-state index in [4.69, 9.17) is 11.6 Å². The highest BCUT2D eigenvalue weighted by molar-refractivity contribution is 6.30. The fraction of sp³-hybridized carbons (Fsp3) is 0.471. The van der Waals surface area contributed by atoms with Gasteiger partial charge in [-0.1, -0.05) is 30.7 Å². The highest BCUT2D eigenvalue weighted by Crippen LogP contribution is 2.23. The zero-order valence-electron chi connectivity index (χ0n) is 13.1. The summed E-state index contributed by atoms with van der Waals surface area (Å²) in [7, 11) is 2.00. The lowest BCUT2D eigenvalue weighted by Gasteiger charge is -2.17. The van der Waals surface area contributed by atoms with Crippen LogP contribution in [0.2, 0.25) is 5.02 Å². The van der Waals surface area contributed by atoms with E-state index < -0.39 is 0 Å². The Morgan fingerprint density at radius 3 is 2.52 bits per heavy atom. The van der Waals surface area contributed by atoms with E-state index in [0.29, 0.717) is 5.92 Å². The minimum absolute atomic E-state index is 0.430. The molecule has 114 valence electrons. The number of hydrogen-bond donors (Lipinski definition) is 1. The maximum atomic E-state index is 5.99. The number of rotatable bonds is 7. The van der Waals surface area contributed by atoms with E-state index in [1.54, 1.807) is 0 Å². The van der Waals surface area contributed by atoms with Gasteiger partial charge < -0.3 is 5.32 Å². The van der Waals surface area contributed by atoms with Crippen molar-refractivity contribution < 1.29 is 0 Å². The molecule has 4 heteroatoms. The molecular formula is C17H24ClN3. The van der Waals surface area contributed by atoms with Crippen molar-refractivity contribution in [3.05, 3.63) is 52.3 Å². The van der Waals surface area contributed by atoms with Gasteiger partial charge in [0.25, 0.3) is 0 Å². The zero-order valence-corrected chi connectivity index (χ0v) is 13.8. The summed E-state index contributed by atoms with van der Waals surface area (Å²) in [6.45, 7) is 6.15. The standard InChI is InChI=1S/C17H24ClN3/c1-4-16-11-17(21(5-2)20-16)10-14(12-19-3)13-6-8-15(18)9-7-13/h6-9,11,14,19H,4-5,10,12H2,1-3H3. The zero-order chi connectivity index (χ0) is 15.2. The van der Waals surface area contributed by atoms with Gasteiger partial charge in [-0.25, -0.2) is 0 Å². The predicted octanol–water partition coefficient (Wildman–Crippen LogP) is 3.66. The van der Waals surface area contributed by atoms with Crippen LogP contribution in [0.5, 0.6) is 0 Å². The summed E-state index contributed by atoms with van der Waals surface area (Å²) in [6, 6.07) is 10.4. The van der Waals surface area contributed by atoms with Crippen LogP contribution >= 0.6 is 11.6 Å². The van der Waals surface area contributed by atoms with E-state index >= 15 is 0 Å². The molecule has 1 aromatic carbocycles. The third-order valence-electron chi connectivity index (χ3n) is 3.82. The van der Waals surface area contributed by atoms with E-state index in [0.717, 1.165) is 31.0 Å². The maximum absolute atomic E-state index is 5.99. The highest BCUT2D eigenvalue weighted by Gasteiger charge is 2.15. The van der Waals surface area contributed by atoms with Gasteiger partial charge >= 0.3 is 0 Å². The number of halogens is 1. The smallest absolute Gasteiger partial charge is 0.0624 e. The quantitative estimate of drug-likeness (QED) is 0.846. The number of aryl methyl sites for hydroxylation is 2. The lowest BCUT2D eigenvalue weighted by atomic mass is 9.94. The summed E-state index contributed by atoms with van der Waals surface area (Å²) < 4.78 is 2.12. The number of nitrogens with zero attached hydrogens (tertiary/aromatic N) is 2. The Hall–Kier alpha value is -1.32. The molecule has 0 aliphatic heterocycles. The second kappa shape index (κ2) is 7.62. The molecule has 0 saturated carbocycles. The third-order valence-corrected chi connectivity index (χ3v) is 4.08. The molecular weight excluding hydrogens is 282 g/mol. The van der Waals surface area contributed by atoms with Crippen LogP contribution in [-0.4, -0.2) is 23.4 Å². The Bertz CT molecular complexity index is 560. The van der Waals surface area contributed by atoms with Crippen LogP contribution in [0.15, 0.2) is 30.3 Å². The van der Waals surface area contributed by atoms with Gasteiger partial charge in [0, 0.05) is 29.7 Å². The summed E-state index contributed by atoms with van der Waals surface area (Å²) >= 11 is 5.99. The molecule has 1 N–H and O–H groups in total. The number of likely N-dealkylation sites (N-methyl/N-ethyl adjacent to an activating group) is 1. The van der Waals surface area contributed by atoms with Crippen LogP contribution < -0.4 is 5.32 Å². The summed E-state index contributed by atoms with van der Waals surface area (Å²) in [5.41, 5.74) is 3.80. The van der Waals surface area contributed by atoms with Crippen LogP contribution in [0.25, 0.3) is 0 Å². The largest absolute Gasteiger partial charge is 0.319 e. The molecule has 0 spiro atoms. The molecule has 1 unspecified atom stereocenters. The minimum atomic E-state index is 0.430. The van der Waals surface area contributed by atoms with Gasteiger partial charge in [0.05, 0.1) is 5.69 Å². The number of hydrogen-bond acceptors (Lipinski definition) is 2. The summed E-state index contributed by atoms with van der Waals surface area (Å²) in [5.74, 6) is 0.430. The Morgan fingerprint density at radius 2 is 1.95 bits per heavy atom. The molecule has 0 fully saturated rings. The van der Waals surface area contributed by atoms with Crippen molar-refractivity contribution in [2.75, 3.05) is 13.6 Å². The fourth-order valence-corrected chi connectivity index (χ4v) is 2.79. The summed E-state index contributed by atoms with van der Waals surface area (Å²) in [6.07, 6.45) is 1.97. The number of benzene rings is 1. The fourth-order valence-electron chi connectivity index (χ4n) is 2.67. The van der Waals surface area contributed by atoms with Gasteiger partial charge in [-0.3, -0.25) is 4.68 Å². The van der Waals surface area contributed by atoms with E-state index in [1.807, 2.05) is 19.2 Å². The average molecular weight is 306 g/mol. The highest BCUT2D eigenvalue weighted by atomic mass is 35.5. The van der Waals surface area contributed by atoms with Crippen molar-refractivity contribution in [1.29, 1.82) is 0 Å². The molecule has 0 radical (unpaired) electrons. The van der Waals surface area contributed by atoms with E-state index in [9.17, 15) is 0 Å². The Balaban J connectivity index is 2.23. The first-order chi connectivity index (χ1) is 10.2. The van der Waals surface area contributed by atoms with Gasteiger partial charge in [-0.15, -0.1) is 0 Å². The summed E-state index contributed by atoms with van der Waals surface area (Å²) in [5, 5.41) is 8.73. The second-order valence-corrected chi connectivity index (χ2v) is 5.74. The van der Waals surface area contributed by atoms with E-state index in [-0.39, 0.29) is 0 Å². The molecule has 3 nitrogen and oxygen atoms in total. The third kappa shape index (κ3) is 4.08. The molecule has 0 aliphatic rings. The Kier molecular flexibility index (Phi) is 5.83. The number of nitrogens with one attached hydrogen (secondary N) is 1. The first-order valence-corrected chi connectivity index (χ1v) is 8.01. The van der Waals surface area contributed by atoms with Gasteiger partial charge in [0.1, 0.15) is 0 Å². The van der Waals surface area contributed by atoms with Gasteiger partial charge in [-0.05, 0) is 50.6 Å². The molecule has 0 saturated heterocycles. The van der Waals surface area contributed by atoms with Crippen molar-refractivity contribution in [1.82, 2.24) is 15.1 Å². The topological polar surface area (TPSA) is 29.9 Å². The Labute approximate surface area is 132 Å². The molecule has 1 aromatic heterocycles. The van der Waals surface area contributed by atoms with Crippen molar-refractivity contribution in [2.45, 2.75) is 39.2 Å². The molecule has 21 heavy (non-hydrogen) atoms. The van der Waals surface area contributed by atoms with Gasteiger partial charge in [0.2, 0.25) is 0 Å². The van der Waals surface area contributed by atoms with Crippen LogP contribution in [0.4, 0.5) is 0 Å². The molecule has 1 atom stereocenters. The van der Waals surface area contributed by atoms with Crippen molar-refractivity contribution >= 4 is 11.6 Å². The van der Waals surface area contributed by atoms with Crippen LogP contribution in [-0.2, 0) is 19.4 Å². The molecule has 2 aromatic rings. The monoisotopic (exact) mass is 305 g/mol. The van der Waals surface area contributed by atoms with Crippen LogP contribution in [0.1, 0.15) is 36.7 Å². The van der Waals surface area contributed by atoms with Crippen molar-refractivity contribution in [3.63, 3.8) is 0 Å². The van der Waals surface area contributed by atoms with Gasteiger partial charge in [-0.2, -0.15) is 5.10 Å². The predicted molar refractivity (Wildman–Crippen MR) is 89.1 cm³/mol. The second-order valence-electron chi connectivity index (χ2n) is 5.31. The average Bonchev–Trinajstić information content (AvgIpc) is 2.90. The lowest BCUT2D eigenvalue weighted by molar-refractivity contribution is 0.562. The van der Waals surface area contributed by atoms with Crippen LogP contribution in [0.3, 0.4) is 0 Å². The maximum Gasteiger partial charge on any atom is 0.0624 e. The lowest BCUT2D eigenvalue weighted by Crippen LogP contribution is -2.20. The van der Waals surface area contributed by atoms with Crippen LogP contribution in [0, 0.1) is 0 Å². The van der Waals surface area contributed by atoms with Crippen molar-refractivity contribution in [2.24, 2.45) is 0 Å². The Morgan fingerprint density at radius 1 is 1.24 bits per heavy atom. The first-order valence-electron chi connectivity index (χ1n) is 7.63. The minimum Gasteiger partial charge on any atom is -0.319 e. The molecule has 0 bridgehead atoms. The molecule has 0 amide bonds. The molecule has 1 heterocycles. The first kappa shape index (κ1) is 16.1. The SMILES string of the molecule is CCc1cc(CC(CNC)c2ccc(Cl)cc2)n(CC)n1. The molecule has 0 aliphatic carbocycles.